The van der Waals surface area contributed by atoms with Gasteiger partial charge in [-0.3, -0.25) is 4.57 Å². The zero-order valence-electron chi connectivity index (χ0n) is 10.1. The van der Waals surface area contributed by atoms with Gasteiger partial charge in [0, 0.05) is 0 Å². The molecule has 5 atom stereocenters. The summed E-state index contributed by atoms with van der Waals surface area (Å²) in [6, 6.07) is 0. The summed E-state index contributed by atoms with van der Waals surface area (Å²) in [5.41, 5.74) is 4.12. The van der Waals surface area contributed by atoms with Crippen molar-refractivity contribution in [3.63, 3.8) is 0 Å². The van der Waals surface area contributed by atoms with Crippen LogP contribution in [0.5, 0.6) is 0 Å². The average molecular weight is 291 g/mol. The Morgan fingerprint density at radius 2 is 2.00 bits per heavy atom. The minimum absolute atomic E-state index is 0.591. The second-order valence-electron chi connectivity index (χ2n) is 4.38. The van der Waals surface area contributed by atoms with Crippen molar-refractivity contribution in [2.24, 2.45) is 0 Å². The van der Waals surface area contributed by atoms with E-state index in [0.717, 1.165) is 0 Å². The lowest BCUT2D eigenvalue weighted by Crippen LogP contribution is -2.57. The van der Waals surface area contributed by atoms with Crippen LogP contribution in [0.2, 0.25) is 0 Å². The molecule has 1 saturated heterocycles. The summed E-state index contributed by atoms with van der Waals surface area (Å²) in [4.78, 5) is 14.8. The van der Waals surface area contributed by atoms with Crippen LogP contribution in [0.4, 0.5) is 10.2 Å². The molecule has 1 fully saturated rings. The maximum Gasteiger partial charge on any atom is 0.351 e. The Kier molecular flexibility index (Phi) is 4.01. The summed E-state index contributed by atoms with van der Waals surface area (Å²) in [6.45, 7) is -0.666. The van der Waals surface area contributed by atoms with Gasteiger partial charge in [0.1, 0.15) is 24.4 Å². The van der Waals surface area contributed by atoms with Crippen LogP contribution >= 0.6 is 0 Å². The molecule has 1 aromatic heterocycles. The van der Waals surface area contributed by atoms with Crippen LogP contribution in [0.3, 0.4) is 0 Å². The molecule has 10 heteroatoms. The number of hydrogen-bond acceptors (Lipinski definition) is 8. The third-order valence-corrected chi connectivity index (χ3v) is 3.08. The summed E-state index contributed by atoms with van der Waals surface area (Å²) in [5, 5.41) is 38.0. The fraction of sp³-hybridized carbons (Fsp3) is 0.600. The van der Waals surface area contributed by atoms with E-state index in [9.17, 15) is 24.5 Å². The van der Waals surface area contributed by atoms with Gasteiger partial charge in [-0.25, -0.2) is 9.18 Å². The molecule has 0 unspecified atom stereocenters. The Morgan fingerprint density at radius 3 is 2.60 bits per heavy atom. The van der Waals surface area contributed by atoms with Crippen LogP contribution in [0.1, 0.15) is 6.23 Å². The van der Waals surface area contributed by atoms with Crippen molar-refractivity contribution in [1.82, 2.24) is 9.55 Å². The molecule has 0 saturated carbocycles. The molecule has 112 valence electrons. The number of aromatic nitrogens is 2. The van der Waals surface area contributed by atoms with Gasteiger partial charge in [-0.2, -0.15) is 4.98 Å². The van der Waals surface area contributed by atoms with E-state index in [1.807, 2.05) is 0 Å². The van der Waals surface area contributed by atoms with E-state index in [2.05, 4.69) is 4.98 Å². The van der Waals surface area contributed by atoms with E-state index in [4.69, 9.17) is 15.6 Å². The van der Waals surface area contributed by atoms with Gasteiger partial charge in [0.2, 0.25) is 0 Å². The van der Waals surface area contributed by atoms with Crippen molar-refractivity contribution in [2.75, 3.05) is 12.3 Å². The number of aliphatic hydroxyl groups excluding tert-OH is 4. The fourth-order valence-corrected chi connectivity index (χ4v) is 1.95. The number of anilines is 1. The van der Waals surface area contributed by atoms with Crippen LogP contribution in [-0.2, 0) is 4.74 Å². The molecule has 9 nitrogen and oxygen atoms in total. The smallest absolute Gasteiger partial charge is 0.351 e. The number of hydrogen-bond donors (Lipinski definition) is 5. The number of rotatable bonds is 2. The number of halogens is 1. The van der Waals surface area contributed by atoms with Crippen molar-refractivity contribution >= 4 is 5.82 Å². The standard InChI is InChI=1S/C10H14FN3O6/c11-3-1-14(10(19)13-8(3)12)9-7(18)6(17)5(16)4(2-15)20-9/h1,4-7,9,15-18H,2H2,(H2,12,13,19)/t4-,5-,6+,7+,9+/m1/s1. The Bertz CT molecular complexity index is 550. The molecule has 1 aliphatic rings. The van der Waals surface area contributed by atoms with Gasteiger partial charge >= 0.3 is 5.69 Å². The average Bonchev–Trinajstić information content (AvgIpc) is 2.41. The molecule has 2 rings (SSSR count). The lowest BCUT2D eigenvalue weighted by molar-refractivity contribution is -0.252. The number of ether oxygens (including phenoxy) is 1. The van der Waals surface area contributed by atoms with Crippen LogP contribution in [-0.4, -0.2) is 61.0 Å². The van der Waals surface area contributed by atoms with Gasteiger partial charge in [-0.1, -0.05) is 0 Å². The van der Waals surface area contributed by atoms with Crippen molar-refractivity contribution in [1.29, 1.82) is 0 Å². The molecular formula is C10H14FN3O6. The quantitative estimate of drug-likeness (QED) is 0.385. The summed E-state index contributed by atoms with van der Waals surface area (Å²) in [5.74, 6) is -1.63. The van der Waals surface area contributed by atoms with E-state index in [1.54, 1.807) is 0 Å². The topological polar surface area (TPSA) is 151 Å². The highest BCUT2D eigenvalue weighted by molar-refractivity contribution is 5.26. The molecular weight excluding hydrogens is 277 g/mol. The lowest BCUT2D eigenvalue weighted by atomic mass is 9.98. The van der Waals surface area contributed by atoms with Gasteiger partial charge in [-0.15, -0.1) is 0 Å². The second kappa shape index (κ2) is 5.42. The number of nitrogens with zero attached hydrogens (tertiary/aromatic N) is 2. The molecule has 0 spiro atoms. The SMILES string of the molecule is Nc1nc(=O)n([C@H]2O[C@H](CO)[C@@H](O)[C@H](O)[C@@H]2O)cc1F. The molecule has 0 amide bonds. The van der Waals surface area contributed by atoms with Gasteiger partial charge < -0.3 is 30.9 Å². The van der Waals surface area contributed by atoms with E-state index < -0.39 is 54.6 Å². The lowest BCUT2D eigenvalue weighted by Gasteiger charge is -2.40. The van der Waals surface area contributed by atoms with Crippen molar-refractivity contribution in [3.05, 3.63) is 22.5 Å². The number of nitrogens with two attached hydrogens (primary N) is 1. The van der Waals surface area contributed by atoms with E-state index in [1.165, 1.54) is 0 Å². The number of nitrogen functional groups attached to an aromatic ring is 1. The van der Waals surface area contributed by atoms with Gasteiger partial charge in [-0.05, 0) is 0 Å². The van der Waals surface area contributed by atoms with Gasteiger partial charge in [0.25, 0.3) is 0 Å². The molecule has 20 heavy (non-hydrogen) atoms. The fourth-order valence-electron chi connectivity index (χ4n) is 1.95. The summed E-state index contributed by atoms with van der Waals surface area (Å²) in [7, 11) is 0. The third kappa shape index (κ3) is 2.39. The minimum Gasteiger partial charge on any atom is -0.394 e. The van der Waals surface area contributed by atoms with Crippen molar-refractivity contribution < 1.29 is 29.6 Å². The highest BCUT2D eigenvalue weighted by atomic mass is 19.1. The van der Waals surface area contributed by atoms with Gasteiger partial charge in [0.15, 0.2) is 17.9 Å². The molecule has 0 radical (unpaired) electrons. The van der Waals surface area contributed by atoms with E-state index in [0.29, 0.717) is 10.8 Å². The number of aliphatic hydroxyl groups is 4. The first-order valence-corrected chi connectivity index (χ1v) is 5.71. The monoisotopic (exact) mass is 291 g/mol. The maximum absolute atomic E-state index is 13.3. The maximum atomic E-state index is 13.3. The Morgan fingerprint density at radius 1 is 1.35 bits per heavy atom. The predicted molar refractivity (Wildman–Crippen MR) is 61.9 cm³/mol. The van der Waals surface area contributed by atoms with Crippen LogP contribution in [0.15, 0.2) is 11.0 Å². The second-order valence-corrected chi connectivity index (χ2v) is 4.38. The van der Waals surface area contributed by atoms with Crippen molar-refractivity contribution in [2.45, 2.75) is 30.6 Å². The highest BCUT2D eigenvalue weighted by Crippen LogP contribution is 2.27. The molecule has 0 bridgehead atoms. The molecule has 0 aliphatic carbocycles. The first kappa shape index (κ1) is 14.8. The van der Waals surface area contributed by atoms with E-state index in [-0.39, 0.29) is 0 Å². The zero-order valence-corrected chi connectivity index (χ0v) is 10.1. The summed E-state index contributed by atoms with van der Waals surface area (Å²) < 4.78 is 19.0. The summed E-state index contributed by atoms with van der Waals surface area (Å²) in [6.07, 6.45) is -7.04. The third-order valence-electron chi connectivity index (χ3n) is 3.08. The molecule has 6 N–H and O–H groups in total. The Labute approximate surface area is 111 Å². The molecule has 1 aliphatic heterocycles. The first-order valence-electron chi connectivity index (χ1n) is 5.71. The van der Waals surface area contributed by atoms with E-state index >= 15 is 0 Å². The van der Waals surface area contributed by atoms with Crippen LogP contribution in [0.25, 0.3) is 0 Å². The van der Waals surface area contributed by atoms with Gasteiger partial charge in [0.05, 0.1) is 12.8 Å². The van der Waals surface area contributed by atoms with Crippen molar-refractivity contribution in [3.8, 4) is 0 Å². The zero-order chi connectivity index (χ0) is 15.0. The predicted octanol–water partition coefficient (Wildman–Crippen LogP) is -3.06. The highest BCUT2D eigenvalue weighted by Gasteiger charge is 2.44. The van der Waals surface area contributed by atoms with Crippen LogP contribution < -0.4 is 11.4 Å². The molecule has 0 aromatic carbocycles. The van der Waals surface area contributed by atoms with Crippen LogP contribution in [0, 0.1) is 5.82 Å². The largest absolute Gasteiger partial charge is 0.394 e. The molecule has 2 heterocycles. The first-order chi connectivity index (χ1) is 9.36. The normalized spacial score (nSPS) is 34.1. The minimum atomic E-state index is -1.71. The summed E-state index contributed by atoms with van der Waals surface area (Å²) >= 11 is 0. The Balaban J connectivity index is 2.41. The Hall–Kier alpha value is -1.59. The molecule has 1 aromatic rings.